The summed E-state index contributed by atoms with van der Waals surface area (Å²) in [5, 5.41) is 22.7. The second-order valence-corrected chi connectivity index (χ2v) is 6.60. The van der Waals surface area contributed by atoms with Crippen LogP contribution in [0.1, 0.15) is 21.7 Å². The fraction of sp³-hybridized carbons (Fsp3) is 0.105. The summed E-state index contributed by atoms with van der Waals surface area (Å²) >= 11 is 3.36. The van der Waals surface area contributed by atoms with E-state index in [4.69, 9.17) is 5.11 Å². The molecule has 7 heteroatoms. The second kappa shape index (κ2) is 7.53. The molecule has 26 heavy (non-hydrogen) atoms. The molecule has 1 heterocycles. The van der Waals surface area contributed by atoms with Gasteiger partial charge in [0.15, 0.2) is 11.4 Å². The van der Waals surface area contributed by atoms with Crippen LogP contribution in [0.15, 0.2) is 53.0 Å². The third kappa shape index (κ3) is 3.83. The Kier molecular flexibility index (Phi) is 5.18. The van der Waals surface area contributed by atoms with Gasteiger partial charge < -0.3 is 15.5 Å². The van der Waals surface area contributed by atoms with Crippen LogP contribution in [0.5, 0.6) is 5.75 Å². The number of fused-ring (bicyclic) bond motifs is 1. The van der Waals surface area contributed by atoms with Gasteiger partial charge in [-0.05, 0) is 17.7 Å². The lowest BCUT2D eigenvalue weighted by molar-refractivity contribution is -0.135. The molecule has 0 aliphatic carbocycles. The first kappa shape index (κ1) is 17.9. The topological polar surface area (TPSA) is 99.5 Å². The van der Waals surface area contributed by atoms with Crippen LogP contribution >= 0.6 is 15.9 Å². The smallest absolute Gasteiger partial charge is 0.322 e. The van der Waals surface area contributed by atoms with Gasteiger partial charge in [-0.15, -0.1) is 0 Å². The van der Waals surface area contributed by atoms with E-state index in [2.05, 4.69) is 26.2 Å². The van der Waals surface area contributed by atoms with E-state index in [9.17, 15) is 14.7 Å². The lowest BCUT2D eigenvalue weighted by atomic mass is 10.0. The third-order valence-corrected chi connectivity index (χ3v) is 4.34. The Morgan fingerprint density at radius 2 is 1.81 bits per heavy atom. The summed E-state index contributed by atoms with van der Waals surface area (Å²) in [5.74, 6) is -2.19. The van der Waals surface area contributed by atoms with E-state index in [-0.39, 0.29) is 11.4 Å². The Hall–Kier alpha value is -2.93. The summed E-state index contributed by atoms with van der Waals surface area (Å²) < 4.78 is 0.744. The fourth-order valence-corrected chi connectivity index (χ4v) is 3.02. The van der Waals surface area contributed by atoms with Gasteiger partial charge >= 0.3 is 5.97 Å². The van der Waals surface area contributed by atoms with Gasteiger partial charge in [0.1, 0.15) is 6.54 Å². The van der Waals surface area contributed by atoms with Gasteiger partial charge in [-0.25, -0.2) is 4.98 Å². The molecular weight excluding hydrogens is 400 g/mol. The quantitative estimate of drug-likeness (QED) is 0.595. The summed E-state index contributed by atoms with van der Waals surface area (Å²) in [6.07, 6.45) is 0.471. The molecule has 3 aromatic rings. The molecule has 0 saturated carbocycles. The summed E-state index contributed by atoms with van der Waals surface area (Å²) in [5.41, 5.74) is 1.44. The predicted octanol–water partition coefficient (Wildman–Crippen LogP) is 3.11. The first-order valence-electron chi connectivity index (χ1n) is 7.80. The van der Waals surface area contributed by atoms with Crippen LogP contribution in [-0.4, -0.2) is 33.6 Å². The molecule has 0 unspecified atom stereocenters. The molecule has 0 bridgehead atoms. The van der Waals surface area contributed by atoms with E-state index >= 15 is 0 Å². The zero-order chi connectivity index (χ0) is 18.7. The molecule has 0 atom stereocenters. The van der Waals surface area contributed by atoms with Crippen LogP contribution in [0.4, 0.5) is 0 Å². The predicted molar refractivity (Wildman–Crippen MR) is 100 cm³/mol. The fourth-order valence-electron chi connectivity index (χ4n) is 2.66. The molecule has 0 fully saturated rings. The van der Waals surface area contributed by atoms with Gasteiger partial charge in [-0.1, -0.05) is 52.3 Å². The first-order valence-corrected chi connectivity index (χ1v) is 8.60. The number of amides is 1. The van der Waals surface area contributed by atoms with E-state index in [0.29, 0.717) is 17.5 Å². The maximum atomic E-state index is 12.3. The Morgan fingerprint density at radius 3 is 2.50 bits per heavy atom. The minimum absolute atomic E-state index is 0.192. The average molecular weight is 415 g/mol. The van der Waals surface area contributed by atoms with Gasteiger partial charge in [-0.3, -0.25) is 9.59 Å². The molecule has 2 aromatic carbocycles. The number of nitrogens with zero attached hydrogens (tertiary/aromatic N) is 1. The minimum Gasteiger partial charge on any atom is -0.505 e. The van der Waals surface area contributed by atoms with Gasteiger partial charge in [0.2, 0.25) is 0 Å². The van der Waals surface area contributed by atoms with Gasteiger partial charge in [0.25, 0.3) is 5.91 Å². The lowest BCUT2D eigenvalue weighted by Gasteiger charge is -2.12. The van der Waals surface area contributed by atoms with E-state index in [1.807, 2.05) is 42.5 Å². The number of aromatic nitrogens is 1. The third-order valence-electron chi connectivity index (χ3n) is 3.85. The number of aromatic hydroxyl groups is 1. The van der Waals surface area contributed by atoms with Crippen LogP contribution in [0, 0.1) is 0 Å². The average Bonchev–Trinajstić information content (AvgIpc) is 2.63. The number of hydrogen-bond donors (Lipinski definition) is 3. The van der Waals surface area contributed by atoms with E-state index in [1.54, 1.807) is 6.07 Å². The molecule has 0 saturated heterocycles. The molecule has 1 amide bonds. The lowest BCUT2D eigenvalue weighted by Crippen LogP contribution is -2.30. The zero-order valence-corrected chi connectivity index (χ0v) is 15.2. The highest BCUT2D eigenvalue weighted by atomic mass is 79.9. The summed E-state index contributed by atoms with van der Waals surface area (Å²) in [6, 6.07) is 15.0. The number of carboxylic acid groups (broad SMARTS) is 1. The normalized spacial score (nSPS) is 10.7. The Balaban J connectivity index is 2.11. The highest BCUT2D eigenvalue weighted by molar-refractivity contribution is 9.10. The van der Waals surface area contributed by atoms with Crippen LogP contribution in [-0.2, 0) is 11.2 Å². The molecule has 6 nitrogen and oxygen atoms in total. The van der Waals surface area contributed by atoms with Crippen LogP contribution in [0.2, 0.25) is 0 Å². The van der Waals surface area contributed by atoms with Crippen molar-refractivity contribution in [2.24, 2.45) is 0 Å². The van der Waals surface area contributed by atoms with E-state index in [1.165, 1.54) is 0 Å². The number of carbonyl (C=O) groups excluding carboxylic acids is 1. The Labute approximate surface area is 157 Å². The van der Waals surface area contributed by atoms with Gasteiger partial charge in [0.05, 0.1) is 5.69 Å². The Morgan fingerprint density at radius 1 is 1.08 bits per heavy atom. The molecule has 0 aliphatic heterocycles. The van der Waals surface area contributed by atoms with Crippen LogP contribution in [0.25, 0.3) is 10.8 Å². The number of hydrogen-bond acceptors (Lipinski definition) is 4. The van der Waals surface area contributed by atoms with E-state index in [0.717, 1.165) is 15.4 Å². The highest BCUT2D eigenvalue weighted by Gasteiger charge is 2.20. The van der Waals surface area contributed by atoms with Crippen molar-refractivity contribution in [2.75, 3.05) is 6.54 Å². The summed E-state index contributed by atoms with van der Waals surface area (Å²) in [7, 11) is 0. The number of benzene rings is 2. The molecule has 0 spiro atoms. The number of carboxylic acids is 1. The van der Waals surface area contributed by atoms with Crippen LogP contribution in [0.3, 0.4) is 0 Å². The van der Waals surface area contributed by atoms with Crippen molar-refractivity contribution in [3.05, 3.63) is 70.0 Å². The monoisotopic (exact) mass is 414 g/mol. The van der Waals surface area contributed by atoms with Gasteiger partial charge in [-0.2, -0.15) is 0 Å². The maximum Gasteiger partial charge on any atom is 0.322 e. The number of aliphatic carboxylic acids is 1. The van der Waals surface area contributed by atoms with Crippen molar-refractivity contribution < 1.29 is 19.8 Å². The number of nitrogens with one attached hydrogen (secondary N) is 1. The van der Waals surface area contributed by atoms with Crippen molar-refractivity contribution in [3.63, 3.8) is 0 Å². The van der Waals surface area contributed by atoms with Crippen LogP contribution < -0.4 is 5.32 Å². The largest absolute Gasteiger partial charge is 0.505 e. The van der Waals surface area contributed by atoms with Crippen molar-refractivity contribution in [2.45, 2.75) is 6.42 Å². The zero-order valence-electron chi connectivity index (χ0n) is 13.6. The second-order valence-electron chi connectivity index (χ2n) is 5.68. The van der Waals surface area contributed by atoms with Crippen molar-refractivity contribution in [1.29, 1.82) is 0 Å². The highest BCUT2D eigenvalue weighted by Crippen LogP contribution is 2.32. The van der Waals surface area contributed by atoms with Gasteiger partial charge in [0, 0.05) is 21.7 Å². The van der Waals surface area contributed by atoms with Crippen molar-refractivity contribution in [1.82, 2.24) is 10.3 Å². The number of pyridine rings is 1. The molecule has 0 radical (unpaired) electrons. The molecule has 132 valence electrons. The number of carbonyl (C=O) groups is 2. The summed E-state index contributed by atoms with van der Waals surface area (Å²) in [4.78, 5) is 27.3. The van der Waals surface area contributed by atoms with E-state index < -0.39 is 18.4 Å². The minimum atomic E-state index is -1.18. The molecule has 3 N–H and O–H groups in total. The molecular formula is C19H15BrN2O4. The number of rotatable bonds is 5. The first-order chi connectivity index (χ1) is 12.5. The maximum absolute atomic E-state index is 12.3. The van der Waals surface area contributed by atoms with Crippen molar-refractivity contribution >= 4 is 38.6 Å². The Bertz CT molecular complexity index is 990. The molecule has 3 rings (SSSR count). The molecule has 1 aromatic heterocycles. The molecule has 0 aliphatic rings. The number of halogens is 1. The SMILES string of the molecule is O=C(O)CNC(=O)c1nc(Cc2ccccc2)c2ccc(Br)cc2c1O. The van der Waals surface area contributed by atoms with Crippen molar-refractivity contribution in [3.8, 4) is 5.75 Å². The summed E-state index contributed by atoms with van der Waals surface area (Å²) in [6.45, 7) is -0.551. The standard InChI is InChI=1S/C19H15BrN2O4/c20-12-6-7-13-14(9-12)18(25)17(19(26)21-10-16(23)24)22-15(13)8-11-4-2-1-3-5-11/h1-7,9,25H,8,10H2,(H,21,26)(H,23,24).